The summed E-state index contributed by atoms with van der Waals surface area (Å²) < 4.78 is 10.4. The third kappa shape index (κ3) is 3.32. The molecule has 1 aromatic heterocycles. The minimum atomic E-state index is -0.654. The molecule has 114 valence electrons. The number of aromatic nitrogens is 2. The van der Waals surface area contributed by atoms with Gasteiger partial charge >= 0.3 is 0 Å². The SMILES string of the molecule is COC(C)(C)c1noc(C(N)Cc2ccc(O)c(O)c2)n1. The van der Waals surface area contributed by atoms with E-state index in [0.29, 0.717) is 18.1 Å². The van der Waals surface area contributed by atoms with E-state index in [1.165, 1.54) is 12.1 Å². The van der Waals surface area contributed by atoms with Crippen molar-refractivity contribution in [3.05, 3.63) is 35.5 Å². The Morgan fingerprint density at radius 3 is 2.67 bits per heavy atom. The fraction of sp³-hybridized carbons (Fsp3) is 0.429. The Labute approximate surface area is 122 Å². The van der Waals surface area contributed by atoms with Crippen LogP contribution in [0.1, 0.15) is 37.2 Å². The second-order valence-electron chi connectivity index (χ2n) is 5.30. The zero-order valence-corrected chi connectivity index (χ0v) is 12.2. The number of nitrogens with zero attached hydrogens (tertiary/aromatic N) is 2. The highest BCUT2D eigenvalue weighted by Gasteiger charge is 2.27. The van der Waals surface area contributed by atoms with Crippen LogP contribution >= 0.6 is 0 Å². The van der Waals surface area contributed by atoms with Gasteiger partial charge in [0.1, 0.15) is 5.60 Å². The molecule has 1 unspecified atom stereocenters. The summed E-state index contributed by atoms with van der Waals surface area (Å²) in [6.45, 7) is 3.65. The fourth-order valence-corrected chi connectivity index (χ4v) is 1.76. The van der Waals surface area contributed by atoms with Gasteiger partial charge in [0.05, 0.1) is 6.04 Å². The van der Waals surface area contributed by atoms with Gasteiger partial charge in [-0.15, -0.1) is 0 Å². The molecule has 0 radical (unpaired) electrons. The van der Waals surface area contributed by atoms with Crippen LogP contribution in [0.3, 0.4) is 0 Å². The summed E-state index contributed by atoms with van der Waals surface area (Å²) in [5.41, 5.74) is 6.13. The molecular formula is C14H19N3O4. The van der Waals surface area contributed by atoms with E-state index in [2.05, 4.69) is 10.1 Å². The molecule has 1 aromatic carbocycles. The lowest BCUT2D eigenvalue weighted by atomic mass is 10.1. The second-order valence-corrected chi connectivity index (χ2v) is 5.30. The monoisotopic (exact) mass is 293 g/mol. The lowest BCUT2D eigenvalue weighted by Gasteiger charge is -2.17. The van der Waals surface area contributed by atoms with E-state index in [9.17, 15) is 10.2 Å². The van der Waals surface area contributed by atoms with E-state index >= 15 is 0 Å². The molecule has 1 heterocycles. The van der Waals surface area contributed by atoms with Crippen molar-refractivity contribution in [1.29, 1.82) is 0 Å². The number of rotatable bonds is 5. The van der Waals surface area contributed by atoms with Crippen LogP contribution in [0.15, 0.2) is 22.7 Å². The molecule has 0 bridgehead atoms. The molecule has 2 rings (SSSR count). The van der Waals surface area contributed by atoms with Crippen molar-refractivity contribution < 1.29 is 19.5 Å². The lowest BCUT2D eigenvalue weighted by Crippen LogP contribution is -2.21. The first-order valence-corrected chi connectivity index (χ1v) is 6.49. The van der Waals surface area contributed by atoms with Crippen molar-refractivity contribution in [1.82, 2.24) is 10.1 Å². The number of phenols is 2. The van der Waals surface area contributed by atoms with Gasteiger partial charge in [0.25, 0.3) is 0 Å². The Morgan fingerprint density at radius 2 is 2.05 bits per heavy atom. The van der Waals surface area contributed by atoms with Gasteiger partial charge in [0.2, 0.25) is 11.7 Å². The molecule has 7 heteroatoms. The Balaban J connectivity index is 2.13. The van der Waals surface area contributed by atoms with Gasteiger partial charge in [-0.05, 0) is 38.0 Å². The molecule has 0 aliphatic rings. The highest BCUT2D eigenvalue weighted by molar-refractivity contribution is 5.40. The molecule has 0 aliphatic heterocycles. The standard InChI is InChI=1S/C14H19N3O4/c1-14(2,20-3)13-16-12(21-17-13)9(15)6-8-4-5-10(18)11(19)7-8/h4-5,7,9,18-19H,6,15H2,1-3H3. The third-order valence-electron chi connectivity index (χ3n) is 3.30. The van der Waals surface area contributed by atoms with Gasteiger partial charge in [0.15, 0.2) is 11.5 Å². The van der Waals surface area contributed by atoms with E-state index in [1.54, 1.807) is 13.2 Å². The highest BCUT2D eigenvalue weighted by Crippen LogP contribution is 2.27. The maximum Gasteiger partial charge on any atom is 0.244 e. The predicted molar refractivity (Wildman–Crippen MR) is 74.7 cm³/mol. The van der Waals surface area contributed by atoms with Gasteiger partial charge in [-0.2, -0.15) is 4.98 Å². The molecule has 2 aromatic rings. The minimum absolute atomic E-state index is 0.172. The lowest BCUT2D eigenvalue weighted by molar-refractivity contribution is 0.00973. The van der Waals surface area contributed by atoms with Gasteiger partial charge < -0.3 is 25.2 Å². The van der Waals surface area contributed by atoms with E-state index < -0.39 is 11.6 Å². The van der Waals surface area contributed by atoms with Gasteiger partial charge in [0, 0.05) is 7.11 Å². The molecule has 7 nitrogen and oxygen atoms in total. The number of aromatic hydroxyl groups is 2. The summed E-state index contributed by atoms with van der Waals surface area (Å²) in [6.07, 6.45) is 0.392. The topological polar surface area (TPSA) is 115 Å². The van der Waals surface area contributed by atoms with E-state index in [-0.39, 0.29) is 11.5 Å². The second kappa shape index (κ2) is 5.71. The number of hydrogen-bond acceptors (Lipinski definition) is 7. The average molecular weight is 293 g/mol. The first kappa shape index (κ1) is 15.3. The quantitative estimate of drug-likeness (QED) is 0.717. The van der Waals surface area contributed by atoms with Crippen molar-refractivity contribution in [2.24, 2.45) is 5.73 Å². The van der Waals surface area contributed by atoms with E-state index in [1.807, 2.05) is 13.8 Å². The molecule has 0 amide bonds. The van der Waals surface area contributed by atoms with Gasteiger partial charge in [-0.3, -0.25) is 0 Å². The highest BCUT2D eigenvalue weighted by atomic mass is 16.5. The van der Waals surface area contributed by atoms with Crippen molar-refractivity contribution in [2.75, 3.05) is 7.11 Å². The molecule has 1 atom stereocenters. The van der Waals surface area contributed by atoms with E-state index in [4.69, 9.17) is 15.0 Å². The molecule has 0 aliphatic carbocycles. The summed E-state index contributed by atoms with van der Waals surface area (Å²) in [5, 5.41) is 22.6. The Kier molecular flexibility index (Phi) is 4.15. The third-order valence-corrected chi connectivity index (χ3v) is 3.30. The number of nitrogens with two attached hydrogens (primary N) is 1. The molecule has 0 spiro atoms. The summed E-state index contributed by atoms with van der Waals surface area (Å²) in [4.78, 5) is 4.25. The summed E-state index contributed by atoms with van der Waals surface area (Å²) in [7, 11) is 1.56. The van der Waals surface area contributed by atoms with Crippen LogP contribution in [0, 0.1) is 0 Å². The van der Waals surface area contributed by atoms with Crippen LogP contribution < -0.4 is 5.73 Å². The minimum Gasteiger partial charge on any atom is -0.504 e. The maximum atomic E-state index is 9.47. The van der Waals surface area contributed by atoms with Crippen molar-refractivity contribution in [2.45, 2.75) is 31.9 Å². The average Bonchev–Trinajstić information content (AvgIpc) is 2.93. The maximum absolute atomic E-state index is 9.47. The van der Waals surface area contributed by atoms with Crippen molar-refractivity contribution in [3.63, 3.8) is 0 Å². The summed E-state index contributed by atoms with van der Waals surface area (Å²) >= 11 is 0. The molecule has 21 heavy (non-hydrogen) atoms. The van der Waals surface area contributed by atoms with Crippen LogP contribution in [0.25, 0.3) is 0 Å². The first-order chi connectivity index (χ1) is 9.83. The molecular weight excluding hydrogens is 274 g/mol. The van der Waals surface area contributed by atoms with E-state index in [0.717, 1.165) is 5.56 Å². The number of hydrogen-bond donors (Lipinski definition) is 3. The van der Waals surface area contributed by atoms with Crippen LogP contribution in [0.2, 0.25) is 0 Å². The summed E-state index contributed by atoms with van der Waals surface area (Å²) in [6, 6.07) is 4.02. The normalized spacial score (nSPS) is 13.3. The van der Waals surface area contributed by atoms with Gasteiger partial charge in [-0.1, -0.05) is 11.2 Å². The Morgan fingerprint density at radius 1 is 1.33 bits per heavy atom. The van der Waals surface area contributed by atoms with Crippen LogP contribution in [0.5, 0.6) is 11.5 Å². The zero-order valence-electron chi connectivity index (χ0n) is 12.2. The van der Waals surface area contributed by atoms with Gasteiger partial charge in [-0.25, -0.2) is 0 Å². The first-order valence-electron chi connectivity index (χ1n) is 6.49. The van der Waals surface area contributed by atoms with Crippen LogP contribution in [0.4, 0.5) is 0 Å². The Bertz CT molecular complexity index is 624. The number of ether oxygens (including phenoxy) is 1. The number of benzene rings is 1. The van der Waals surface area contributed by atoms with Crippen LogP contribution in [-0.4, -0.2) is 27.5 Å². The van der Waals surface area contributed by atoms with Crippen molar-refractivity contribution >= 4 is 0 Å². The van der Waals surface area contributed by atoms with Crippen molar-refractivity contribution in [3.8, 4) is 11.5 Å². The molecule has 0 fully saturated rings. The Hall–Kier alpha value is -2.12. The molecule has 0 saturated heterocycles. The largest absolute Gasteiger partial charge is 0.504 e. The summed E-state index contributed by atoms with van der Waals surface area (Å²) in [5.74, 6) is 0.354. The number of methoxy groups -OCH3 is 1. The number of phenolic OH excluding ortho intramolecular Hbond substituents is 2. The fourth-order valence-electron chi connectivity index (χ4n) is 1.76. The molecule has 0 saturated carbocycles. The smallest absolute Gasteiger partial charge is 0.244 e. The molecule has 4 N–H and O–H groups in total. The predicted octanol–water partition coefficient (Wildman–Crippen LogP) is 1.60. The van der Waals surface area contributed by atoms with Crippen LogP contribution in [-0.2, 0) is 16.8 Å². The zero-order chi connectivity index (χ0) is 15.6.